The van der Waals surface area contributed by atoms with Gasteiger partial charge in [-0.2, -0.15) is 0 Å². The number of hydrogen-bond acceptors (Lipinski definition) is 0. The fourth-order valence-electron chi connectivity index (χ4n) is 0.936. The molecule has 0 aliphatic carbocycles. The highest BCUT2D eigenvalue weighted by molar-refractivity contribution is 6.30. The van der Waals surface area contributed by atoms with E-state index in [1.54, 1.807) is 0 Å². The van der Waals surface area contributed by atoms with Crippen molar-refractivity contribution < 1.29 is 0 Å². The molecule has 0 aromatic heterocycles. The summed E-state index contributed by atoms with van der Waals surface area (Å²) in [6.45, 7) is 2.05. The van der Waals surface area contributed by atoms with Gasteiger partial charge in [0.2, 0.25) is 0 Å². The minimum Gasteiger partial charge on any atom is -0.103 e. The van der Waals surface area contributed by atoms with E-state index in [0.29, 0.717) is 0 Å². The van der Waals surface area contributed by atoms with E-state index in [0.717, 1.165) is 17.9 Å². The Balaban J connectivity index is 2.63. The Morgan fingerprint density at radius 3 is 2.83 bits per heavy atom. The third-order valence-electron chi connectivity index (χ3n) is 1.48. The van der Waals surface area contributed by atoms with Gasteiger partial charge in [0, 0.05) is 17.9 Å². The van der Waals surface area contributed by atoms with Crippen molar-refractivity contribution in [2.24, 2.45) is 0 Å². The van der Waals surface area contributed by atoms with E-state index in [-0.39, 0.29) is 0 Å². The maximum absolute atomic E-state index is 5.81. The second-order valence-corrected chi connectivity index (χ2v) is 2.95. The largest absolute Gasteiger partial charge is 0.103 e. The van der Waals surface area contributed by atoms with Gasteiger partial charge in [0.15, 0.2) is 0 Å². The molecule has 0 bridgehead atoms. The van der Waals surface area contributed by atoms with Gasteiger partial charge in [-0.15, -0.1) is 5.92 Å². The highest BCUT2D eigenvalue weighted by Crippen LogP contribution is 2.10. The van der Waals surface area contributed by atoms with Gasteiger partial charge in [-0.05, 0) is 17.7 Å². The molecule has 0 nitrogen and oxygen atoms in total. The van der Waals surface area contributed by atoms with Gasteiger partial charge in [0.05, 0.1) is 0 Å². The van der Waals surface area contributed by atoms with Gasteiger partial charge in [-0.3, -0.25) is 0 Å². The molecular weight excluding hydrogens is 168 g/mol. The molecule has 0 unspecified atom stereocenters. The topological polar surface area (TPSA) is 0 Å². The summed E-state index contributed by atoms with van der Waals surface area (Å²) in [4.78, 5) is 0. The molecule has 0 radical (unpaired) electrons. The van der Waals surface area contributed by atoms with Crippen LogP contribution in [0.1, 0.15) is 18.9 Å². The maximum atomic E-state index is 5.81. The van der Waals surface area contributed by atoms with Crippen LogP contribution in [0.15, 0.2) is 24.3 Å². The standard InChI is InChI=1S/C11H11Cl/c1-2-3-4-6-10-7-5-8-11(12)9-10/h5,7-9H,2,6H2,1H3. The molecule has 1 aromatic rings. The van der Waals surface area contributed by atoms with Crippen molar-refractivity contribution in [3.05, 3.63) is 34.9 Å². The zero-order valence-electron chi connectivity index (χ0n) is 7.10. The van der Waals surface area contributed by atoms with Crippen molar-refractivity contribution in [2.75, 3.05) is 0 Å². The minimum atomic E-state index is 0.783. The fraction of sp³-hybridized carbons (Fsp3) is 0.273. The lowest BCUT2D eigenvalue weighted by atomic mass is 10.1. The Kier molecular flexibility index (Phi) is 3.70. The number of hydrogen-bond donors (Lipinski definition) is 0. The highest BCUT2D eigenvalue weighted by Gasteiger charge is 1.89. The quantitative estimate of drug-likeness (QED) is 0.579. The van der Waals surface area contributed by atoms with Crippen molar-refractivity contribution in [3.63, 3.8) is 0 Å². The Bertz CT molecular complexity index is 304. The first kappa shape index (κ1) is 9.16. The molecule has 0 fully saturated rings. The van der Waals surface area contributed by atoms with Crippen LogP contribution in [0.2, 0.25) is 5.02 Å². The smallest absolute Gasteiger partial charge is 0.0409 e. The third kappa shape index (κ3) is 2.98. The molecule has 0 N–H and O–H groups in total. The van der Waals surface area contributed by atoms with Crippen LogP contribution in [0, 0.1) is 11.8 Å². The normalized spacial score (nSPS) is 8.83. The highest BCUT2D eigenvalue weighted by atomic mass is 35.5. The summed E-state index contributed by atoms with van der Waals surface area (Å²) in [5.41, 5.74) is 1.18. The number of halogens is 1. The minimum absolute atomic E-state index is 0.783. The summed E-state index contributed by atoms with van der Waals surface area (Å²) < 4.78 is 0. The van der Waals surface area contributed by atoms with E-state index < -0.39 is 0 Å². The van der Waals surface area contributed by atoms with Crippen LogP contribution in [0.5, 0.6) is 0 Å². The molecule has 1 rings (SSSR count). The lowest BCUT2D eigenvalue weighted by molar-refractivity contribution is 1.25. The maximum Gasteiger partial charge on any atom is 0.0409 e. The summed E-state index contributed by atoms with van der Waals surface area (Å²) in [5, 5.41) is 0.783. The van der Waals surface area contributed by atoms with Crippen LogP contribution in [0.3, 0.4) is 0 Å². The molecule has 0 heterocycles. The van der Waals surface area contributed by atoms with E-state index in [4.69, 9.17) is 11.6 Å². The molecule has 0 amide bonds. The average molecular weight is 179 g/mol. The van der Waals surface area contributed by atoms with Crippen LogP contribution < -0.4 is 0 Å². The first-order valence-electron chi connectivity index (χ1n) is 4.03. The van der Waals surface area contributed by atoms with Crippen molar-refractivity contribution in [2.45, 2.75) is 19.8 Å². The Labute approximate surface area is 78.6 Å². The van der Waals surface area contributed by atoms with Gasteiger partial charge < -0.3 is 0 Å². The second-order valence-electron chi connectivity index (χ2n) is 2.51. The Morgan fingerprint density at radius 1 is 1.33 bits per heavy atom. The second kappa shape index (κ2) is 4.85. The molecule has 12 heavy (non-hydrogen) atoms. The zero-order valence-corrected chi connectivity index (χ0v) is 7.86. The number of rotatable bonds is 1. The fourth-order valence-corrected chi connectivity index (χ4v) is 1.15. The Hall–Kier alpha value is -0.930. The van der Waals surface area contributed by atoms with Crippen LogP contribution in [0.25, 0.3) is 0 Å². The average Bonchev–Trinajstić information content (AvgIpc) is 2.05. The third-order valence-corrected chi connectivity index (χ3v) is 1.72. The summed E-state index contributed by atoms with van der Waals surface area (Å²) in [6, 6.07) is 7.81. The first-order chi connectivity index (χ1) is 5.83. The van der Waals surface area contributed by atoms with E-state index in [1.807, 2.05) is 31.2 Å². The summed E-state index contributed by atoms with van der Waals surface area (Å²) >= 11 is 5.81. The van der Waals surface area contributed by atoms with E-state index in [9.17, 15) is 0 Å². The molecule has 62 valence electrons. The van der Waals surface area contributed by atoms with Crippen molar-refractivity contribution in [3.8, 4) is 11.8 Å². The predicted octanol–water partition coefficient (Wildman–Crippen LogP) is 3.30. The molecule has 0 saturated heterocycles. The lowest BCUT2D eigenvalue weighted by Crippen LogP contribution is -1.79. The summed E-state index contributed by atoms with van der Waals surface area (Å²) in [7, 11) is 0. The molecule has 0 atom stereocenters. The van der Waals surface area contributed by atoms with Crippen molar-refractivity contribution in [1.29, 1.82) is 0 Å². The first-order valence-corrected chi connectivity index (χ1v) is 4.41. The SMILES string of the molecule is CCC#CCc1cccc(Cl)c1. The van der Waals surface area contributed by atoms with E-state index >= 15 is 0 Å². The molecule has 1 aromatic carbocycles. The van der Waals surface area contributed by atoms with Gasteiger partial charge in [-0.25, -0.2) is 0 Å². The Morgan fingerprint density at radius 2 is 2.17 bits per heavy atom. The molecular formula is C11H11Cl. The van der Waals surface area contributed by atoms with Gasteiger partial charge in [0.1, 0.15) is 0 Å². The van der Waals surface area contributed by atoms with E-state index in [2.05, 4.69) is 11.8 Å². The van der Waals surface area contributed by atoms with Crippen LogP contribution in [-0.4, -0.2) is 0 Å². The molecule has 0 spiro atoms. The summed E-state index contributed by atoms with van der Waals surface area (Å²) in [6.07, 6.45) is 1.72. The van der Waals surface area contributed by atoms with Crippen LogP contribution >= 0.6 is 11.6 Å². The van der Waals surface area contributed by atoms with Gasteiger partial charge in [-0.1, -0.05) is 36.6 Å². The molecule has 0 aliphatic heterocycles. The molecule has 0 aliphatic rings. The molecule has 0 saturated carbocycles. The van der Waals surface area contributed by atoms with Gasteiger partial charge >= 0.3 is 0 Å². The summed E-state index contributed by atoms with van der Waals surface area (Å²) in [5.74, 6) is 6.09. The van der Waals surface area contributed by atoms with Crippen LogP contribution in [0.4, 0.5) is 0 Å². The monoisotopic (exact) mass is 178 g/mol. The zero-order chi connectivity index (χ0) is 8.81. The number of benzene rings is 1. The van der Waals surface area contributed by atoms with Crippen molar-refractivity contribution >= 4 is 11.6 Å². The molecule has 1 heteroatoms. The van der Waals surface area contributed by atoms with Gasteiger partial charge in [0.25, 0.3) is 0 Å². The van der Waals surface area contributed by atoms with Crippen LogP contribution in [-0.2, 0) is 6.42 Å². The predicted molar refractivity (Wildman–Crippen MR) is 53.2 cm³/mol. The van der Waals surface area contributed by atoms with Crippen molar-refractivity contribution in [1.82, 2.24) is 0 Å². The lowest BCUT2D eigenvalue weighted by Gasteiger charge is -1.94. The van der Waals surface area contributed by atoms with E-state index in [1.165, 1.54) is 5.56 Å².